The molecule has 2 aliphatic heterocycles. The van der Waals surface area contributed by atoms with E-state index in [2.05, 4.69) is 5.32 Å². The van der Waals surface area contributed by atoms with Gasteiger partial charge in [0, 0.05) is 6.54 Å². The lowest BCUT2D eigenvalue weighted by molar-refractivity contribution is -0.123. The molecule has 0 aliphatic carbocycles. The van der Waals surface area contributed by atoms with Crippen LogP contribution < -0.4 is 5.32 Å². The first kappa shape index (κ1) is 10.6. The maximum Gasteiger partial charge on any atom is 0.269 e. The summed E-state index contributed by atoms with van der Waals surface area (Å²) >= 11 is 6.03. The third kappa shape index (κ3) is 1.52. The van der Waals surface area contributed by atoms with Crippen LogP contribution >= 0.6 is 11.6 Å². The minimum absolute atomic E-state index is 0.178. The number of rotatable bonds is 0. The molecule has 0 spiro atoms. The monoisotopic (exact) mass is 249 g/mol. The first-order chi connectivity index (χ1) is 8.18. The fourth-order valence-corrected chi connectivity index (χ4v) is 2.67. The molecular weight excluding hydrogens is 240 g/mol. The second-order valence-corrected chi connectivity index (χ2v) is 4.65. The van der Waals surface area contributed by atoms with Crippen molar-refractivity contribution < 1.29 is 9.59 Å². The van der Waals surface area contributed by atoms with Gasteiger partial charge in [-0.25, -0.2) is 5.32 Å². The van der Waals surface area contributed by atoms with Crippen molar-refractivity contribution in [2.75, 3.05) is 6.54 Å². The summed E-state index contributed by atoms with van der Waals surface area (Å²) in [6, 6.07) is 4.60. The number of nitrogens with zero attached hydrogens (tertiary/aromatic N) is 2. The predicted molar refractivity (Wildman–Crippen MR) is 62.3 cm³/mol. The zero-order valence-corrected chi connectivity index (χ0v) is 9.78. The molecule has 2 aliphatic rings. The van der Waals surface area contributed by atoms with E-state index in [1.165, 1.54) is 0 Å². The van der Waals surface area contributed by atoms with Crippen LogP contribution in [0.1, 0.15) is 23.2 Å². The average molecular weight is 250 g/mol. The van der Waals surface area contributed by atoms with Crippen molar-refractivity contribution >= 4 is 29.1 Å². The summed E-state index contributed by atoms with van der Waals surface area (Å²) in [6.07, 6.45) is 1.54. The molecule has 5 heteroatoms. The van der Waals surface area contributed by atoms with Gasteiger partial charge in [0.05, 0.1) is 16.3 Å². The summed E-state index contributed by atoms with van der Waals surface area (Å²) in [5.74, 6) is -0.417. The van der Waals surface area contributed by atoms with E-state index >= 15 is 0 Å². The van der Waals surface area contributed by atoms with Gasteiger partial charge in [0.25, 0.3) is 11.8 Å². The molecule has 1 aromatic carbocycles. The SMILES string of the molecule is O=C1[N]c2cccc(Cl)c2C(=O)N2CCCC12. The van der Waals surface area contributed by atoms with Crippen molar-refractivity contribution in [2.45, 2.75) is 18.9 Å². The smallest absolute Gasteiger partial charge is 0.269 e. The fourth-order valence-electron chi connectivity index (χ4n) is 2.42. The van der Waals surface area contributed by atoms with Crippen LogP contribution in [-0.4, -0.2) is 29.3 Å². The number of carbonyl (C=O) groups excluding carboxylic acids is 2. The standard InChI is InChI=1S/C12H10ClN2O2/c13-7-3-1-4-8-10(7)12(17)15-6-2-5-9(15)11(16)14-8/h1,3-4,9H,2,5-6H2. The molecule has 1 unspecified atom stereocenters. The average Bonchev–Trinajstić information content (AvgIpc) is 2.73. The van der Waals surface area contributed by atoms with Gasteiger partial charge in [-0.2, -0.15) is 0 Å². The summed E-state index contributed by atoms with van der Waals surface area (Å²) in [6.45, 7) is 0.607. The highest BCUT2D eigenvalue weighted by Crippen LogP contribution is 2.32. The van der Waals surface area contributed by atoms with Crippen LogP contribution in [0.5, 0.6) is 0 Å². The topological polar surface area (TPSA) is 51.5 Å². The van der Waals surface area contributed by atoms with Gasteiger partial charge in [-0.3, -0.25) is 9.59 Å². The number of hydrogen-bond acceptors (Lipinski definition) is 2. The van der Waals surface area contributed by atoms with E-state index in [1.807, 2.05) is 0 Å². The van der Waals surface area contributed by atoms with E-state index in [-0.39, 0.29) is 11.8 Å². The van der Waals surface area contributed by atoms with E-state index in [4.69, 9.17) is 11.6 Å². The maximum atomic E-state index is 12.3. The number of hydrogen-bond donors (Lipinski definition) is 0. The highest BCUT2D eigenvalue weighted by Gasteiger charge is 2.39. The van der Waals surface area contributed by atoms with Crippen molar-refractivity contribution in [1.29, 1.82) is 0 Å². The Hall–Kier alpha value is -1.55. The second kappa shape index (κ2) is 3.74. The van der Waals surface area contributed by atoms with Crippen molar-refractivity contribution in [3.05, 3.63) is 28.8 Å². The molecule has 1 radical (unpaired) electrons. The number of benzene rings is 1. The van der Waals surface area contributed by atoms with Gasteiger partial charge in [-0.1, -0.05) is 17.7 Å². The molecule has 0 N–H and O–H groups in total. The highest BCUT2D eigenvalue weighted by atomic mass is 35.5. The third-order valence-electron chi connectivity index (χ3n) is 3.23. The molecule has 87 valence electrons. The summed E-state index contributed by atoms with van der Waals surface area (Å²) < 4.78 is 0. The molecule has 1 saturated heterocycles. The minimum atomic E-state index is -0.397. The van der Waals surface area contributed by atoms with Gasteiger partial charge < -0.3 is 4.90 Å². The molecule has 2 amide bonds. The van der Waals surface area contributed by atoms with Crippen LogP contribution in [-0.2, 0) is 4.79 Å². The minimum Gasteiger partial charge on any atom is -0.326 e. The van der Waals surface area contributed by atoms with Gasteiger partial charge in [0.2, 0.25) is 0 Å². The zero-order chi connectivity index (χ0) is 12.0. The lowest BCUT2D eigenvalue weighted by Gasteiger charge is -2.19. The predicted octanol–water partition coefficient (Wildman–Crippen LogP) is 1.72. The molecule has 0 bridgehead atoms. The van der Waals surface area contributed by atoms with Gasteiger partial charge in [-0.15, -0.1) is 0 Å². The van der Waals surface area contributed by atoms with E-state index in [0.717, 1.165) is 6.42 Å². The molecular formula is C12H10ClN2O2. The Kier molecular flexibility index (Phi) is 2.33. The Morgan fingerprint density at radius 3 is 3.00 bits per heavy atom. The number of halogens is 1. The largest absolute Gasteiger partial charge is 0.326 e. The van der Waals surface area contributed by atoms with Gasteiger partial charge in [0.1, 0.15) is 6.04 Å². The highest BCUT2D eigenvalue weighted by molar-refractivity contribution is 6.34. The second-order valence-electron chi connectivity index (χ2n) is 4.24. The number of fused-ring (bicyclic) bond motifs is 2. The first-order valence-electron chi connectivity index (χ1n) is 5.53. The third-order valence-corrected chi connectivity index (χ3v) is 3.55. The first-order valence-corrected chi connectivity index (χ1v) is 5.91. The molecule has 4 nitrogen and oxygen atoms in total. The van der Waals surface area contributed by atoms with Crippen LogP contribution in [0.4, 0.5) is 5.69 Å². The lowest BCUT2D eigenvalue weighted by atomic mass is 10.1. The van der Waals surface area contributed by atoms with Crippen molar-refractivity contribution in [3.8, 4) is 0 Å². The van der Waals surface area contributed by atoms with Crippen molar-refractivity contribution in [2.24, 2.45) is 0 Å². The van der Waals surface area contributed by atoms with Gasteiger partial charge in [0.15, 0.2) is 0 Å². The normalized spacial score (nSPS) is 22.9. The summed E-state index contributed by atoms with van der Waals surface area (Å²) in [5, 5.41) is 4.37. The zero-order valence-electron chi connectivity index (χ0n) is 9.02. The van der Waals surface area contributed by atoms with Crippen LogP contribution in [0.2, 0.25) is 5.02 Å². The fraction of sp³-hybridized carbons (Fsp3) is 0.333. The van der Waals surface area contributed by atoms with Crippen molar-refractivity contribution in [1.82, 2.24) is 10.2 Å². The molecule has 1 aromatic rings. The maximum absolute atomic E-state index is 12.3. The number of amides is 2. The molecule has 2 heterocycles. The Balaban J connectivity index is 2.16. The molecule has 1 fully saturated rings. The molecule has 0 aromatic heterocycles. The van der Waals surface area contributed by atoms with Crippen LogP contribution in [0.15, 0.2) is 18.2 Å². The summed E-state index contributed by atoms with van der Waals surface area (Å²) in [4.78, 5) is 25.8. The summed E-state index contributed by atoms with van der Waals surface area (Å²) in [5.41, 5.74) is 0.744. The molecule has 0 saturated carbocycles. The van der Waals surface area contributed by atoms with E-state index in [0.29, 0.717) is 29.2 Å². The summed E-state index contributed by atoms with van der Waals surface area (Å²) in [7, 11) is 0. The lowest BCUT2D eigenvalue weighted by Crippen LogP contribution is -2.40. The van der Waals surface area contributed by atoms with E-state index in [1.54, 1.807) is 23.1 Å². The Labute approximate surface area is 104 Å². The number of carbonyl (C=O) groups is 2. The van der Waals surface area contributed by atoms with Crippen LogP contribution in [0.3, 0.4) is 0 Å². The molecule has 17 heavy (non-hydrogen) atoms. The Bertz CT molecular complexity index is 515. The quantitative estimate of drug-likeness (QED) is 0.703. The van der Waals surface area contributed by atoms with Crippen molar-refractivity contribution in [3.63, 3.8) is 0 Å². The van der Waals surface area contributed by atoms with Crippen LogP contribution in [0, 0.1) is 0 Å². The molecule has 1 atom stereocenters. The van der Waals surface area contributed by atoms with E-state index in [9.17, 15) is 9.59 Å². The molecule has 3 rings (SSSR count). The Morgan fingerprint density at radius 2 is 2.18 bits per heavy atom. The van der Waals surface area contributed by atoms with Crippen LogP contribution in [0.25, 0.3) is 0 Å². The van der Waals surface area contributed by atoms with Gasteiger partial charge >= 0.3 is 0 Å². The Morgan fingerprint density at radius 1 is 1.35 bits per heavy atom. The van der Waals surface area contributed by atoms with E-state index < -0.39 is 6.04 Å². The van der Waals surface area contributed by atoms with Gasteiger partial charge in [-0.05, 0) is 25.0 Å².